The second kappa shape index (κ2) is 8.46. The number of carboxylic acids is 1. The molecule has 0 aliphatic rings. The molecule has 0 saturated heterocycles. The first kappa shape index (κ1) is 18.7. The highest BCUT2D eigenvalue weighted by molar-refractivity contribution is 6.42. The van der Waals surface area contributed by atoms with Crippen LogP contribution in [0.25, 0.3) is 22.0 Å². The lowest BCUT2D eigenvalue weighted by Gasteiger charge is -2.10. The number of carboxylic acid groups (broad SMARTS) is 1. The molecule has 0 aliphatic carbocycles. The molecule has 25 heavy (non-hydrogen) atoms. The number of nitrogens with one attached hydrogen (secondary N) is 1. The van der Waals surface area contributed by atoms with Gasteiger partial charge in [0.2, 0.25) is 0 Å². The van der Waals surface area contributed by atoms with Crippen molar-refractivity contribution in [3.63, 3.8) is 0 Å². The van der Waals surface area contributed by atoms with Crippen LogP contribution >= 0.6 is 23.2 Å². The summed E-state index contributed by atoms with van der Waals surface area (Å²) in [6.45, 7) is 4.76. The molecule has 3 aromatic rings. The number of hydrogen-bond acceptors (Lipinski definition) is 4. The Kier molecular flexibility index (Phi) is 6.33. The van der Waals surface area contributed by atoms with E-state index in [0.717, 1.165) is 29.0 Å². The number of rotatable bonds is 3. The molecule has 0 spiro atoms. The number of benzene rings is 2. The normalized spacial score (nSPS) is 9.88. The van der Waals surface area contributed by atoms with Gasteiger partial charge in [-0.05, 0) is 35.5 Å². The largest absolute Gasteiger partial charge is 0.481 e. The van der Waals surface area contributed by atoms with Gasteiger partial charge in [-0.2, -0.15) is 0 Å². The van der Waals surface area contributed by atoms with E-state index < -0.39 is 5.97 Å². The summed E-state index contributed by atoms with van der Waals surface area (Å²) in [5, 5.41) is 12.4. The lowest BCUT2D eigenvalue weighted by atomic mass is 10.0. The molecule has 3 rings (SSSR count). The van der Waals surface area contributed by atoms with Crippen molar-refractivity contribution in [2.24, 2.45) is 0 Å². The van der Waals surface area contributed by atoms with E-state index in [4.69, 9.17) is 33.1 Å². The highest BCUT2D eigenvalue weighted by atomic mass is 35.5. The SMILES string of the molecule is C=CNc1ncnc2cccc(-c3ccc(Cl)c(Cl)c3)c12.CC(=O)O. The molecule has 0 radical (unpaired) electrons. The predicted octanol–water partition coefficient (Wildman–Crippen LogP) is 5.25. The molecule has 128 valence electrons. The van der Waals surface area contributed by atoms with E-state index in [-0.39, 0.29) is 0 Å². The predicted molar refractivity (Wildman–Crippen MR) is 102 cm³/mol. The fraction of sp³-hybridized carbons (Fsp3) is 0.0556. The van der Waals surface area contributed by atoms with Gasteiger partial charge in [0.1, 0.15) is 12.1 Å². The highest BCUT2D eigenvalue weighted by Gasteiger charge is 2.11. The maximum absolute atomic E-state index is 9.00. The number of fused-ring (bicyclic) bond motifs is 1. The van der Waals surface area contributed by atoms with Crippen LogP contribution in [0.2, 0.25) is 10.0 Å². The molecule has 0 bridgehead atoms. The molecule has 0 unspecified atom stereocenters. The van der Waals surface area contributed by atoms with E-state index in [1.54, 1.807) is 12.3 Å². The van der Waals surface area contributed by atoms with E-state index in [0.29, 0.717) is 15.9 Å². The Hall–Kier alpha value is -2.63. The second-order valence-electron chi connectivity index (χ2n) is 4.92. The Balaban J connectivity index is 0.000000511. The third-order valence-electron chi connectivity index (χ3n) is 3.13. The molecule has 2 aromatic carbocycles. The van der Waals surface area contributed by atoms with Gasteiger partial charge >= 0.3 is 0 Å². The van der Waals surface area contributed by atoms with E-state index in [1.807, 2.05) is 30.3 Å². The fourth-order valence-electron chi connectivity index (χ4n) is 2.22. The van der Waals surface area contributed by atoms with Crippen LogP contribution in [0.5, 0.6) is 0 Å². The molecule has 0 fully saturated rings. The Morgan fingerprint density at radius 2 is 1.92 bits per heavy atom. The van der Waals surface area contributed by atoms with Crippen molar-refractivity contribution < 1.29 is 9.90 Å². The van der Waals surface area contributed by atoms with Crippen LogP contribution in [-0.2, 0) is 4.79 Å². The number of aromatic nitrogens is 2. The van der Waals surface area contributed by atoms with Crippen LogP contribution in [0.4, 0.5) is 5.82 Å². The minimum absolute atomic E-state index is 0.515. The van der Waals surface area contributed by atoms with Gasteiger partial charge in [0.05, 0.1) is 20.9 Å². The Morgan fingerprint density at radius 3 is 2.56 bits per heavy atom. The number of nitrogens with zero attached hydrogens (tertiary/aromatic N) is 2. The molecule has 7 heteroatoms. The van der Waals surface area contributed by atoms with Crippen molar-refractivity contribution in [1.82, 2.24) is 9.97 Å². The summed E-state index contributed by atoms with van der Waals surface area (Å²) in [6.07, 6.45) is 3.11. The van der Waals surface area contributed by atoms with E-state index >= 15 is 0 Å². The molecule has 0 saturated carbocycles. The van der Waals surface area contributed by atoms with Crippen LogP contribution in [0.3, 0.4) is 0 Å². The summed E-state index contributed by atoms with van der Waals surface area (Å²) in [6, 6.07) is 11.4. The van der Waals surface area contributed by atoms with Crippen LogP contribution < -0.4 is 5.32 Å². The minimum Gasteiger partial charge on any atom is -0.481 e. The third-order valence-corrected chi connectivity index (χ3v) is 3.87. The molecule has 2 N–H and O–H groups in total. The zero-order valence-corrected chi connectivity index (χ0v) is 14.8. The molecular formula is C18H15Cl2N3O2. The zero-order chi connectivity index (χ0) is 18.4. The van der Waals surface area contributed by atoms with Gasteiger partial charge in [-0.1, -0.05) is 48.0 Å². The van der Waals surface area contributed by atoms with Crippen molar-refractivity contribution in [2.45, 2.75) is 6.92 Å². The van der Waals surface area contributed by atoms with Crippen molar-refractivity contribution in [3.8, 4) is 11.1 Å². The van der Waals surface area contributed by atoms with Gasteiger partial charge in [-0.3, -0.25) is 4.79 Å². The summed E-state index contributed by atoms with van der Waals surface area (Å²) in [7, 11) is 0. The lowest BCUT2D eigenvalue weighted by molar-refractivity contribution is -0.134. The second-order valence-corrected chi connectivity index (χ2v) is 5.73. The molecular weight excluding hydrogens is 361 g/mol. The first-order valence-corrected chi connectivity index (χ1v) is 7.95. The number of carbonyl (C=O) groups is 1. The Bertz CT molecular complexity index is 920. The van der Waals surface area contributed by atoms with Gasteiger partial charge in [0, 0.05) is 6.92 Å². The van der Waals surface area contributed by atoms with E-state index in [9.17, 15) is 0 Å². The highest BCUT2D eigenvalue weighted by Crippen LogP contribution is 2.34. The van der Waals surface area contributed by atoms with Crippen LogP contribution in [0.1, 0.15) is 6.92 Å². The molecule has 0 aliphatic heterocycles. The monoisotopic (exact) mass is 375 g/mol. The standard InChI is InChI=1S/C16H11Cl2N3.C2H4O2/c1-2-19-16-15-11(4-3-5-14(15)20-9-21-16)10-6-7-12(17)13(18)8-10;1-2(3)4/h2-9H,1H2,(H,19,20,21);1H3,(H,3,4). The summed E-state index contributed by atoms with van der Waals surface area (Å²) in [4.78, 5) is 17.6. The number of aliphatic carboxylic acids is 1. The van der Waals surface area contributed by atoms with Crippen molar-refractivity contribution in [2.75, 3.05) is 5.32 Å². The van der Waals surface area contributed by atoms with Crippen molar-refractivity contribution in [1.29, 1.82) is 0 Å². The Morgan fingerprint density at radius 1 is 1.20 bits per heavy atom. The summed E-state index contributed by atoms with van der Waals surface area (Å²) >= 11 is 12.1. The number of halogens is 2. The summed E-state index contributed by atoms with van der Waals surface area (Å²) in [5.41, 5.74) is 2.78. The topological polar surface area (TPSA) is 75.1 Å². The number of hydrogen-bond donors (Lipinski definition) is 2. The first-order valence-electron chi connectivity index (χ1n) is 7.20. The smallest absolute Gasteiger partial charge is 0.300 e. The third kappa shape index (κ3) is 4.68. The minimum atomic E-state index is -0.833. The van der Waals surface area contributed by atoms with E-state index in [2.05, 4.69) is 21.9 Å². The van der Waals surface area contributed by atoms with Crippen LogP contribution in [0.15, 0.2) is 55.5 Å². The summed E-state index contributed by atoms with van der Waals surface area (Å²) < 4.78 is 0. The summed E-state index contributed by atoms with van der Waals surface area (Å²) in [5.74, 6) is -0.128. The average molecular weight is 376 g/mol. The maximum Gasteiger partial charge on any atom is 0.300 e. The molecule has 0 atom stereocenters. The van der Waals surface area contributed by atoms with Gasteiger partial charge in [0.25, 0.3) is 5.97 Å². The quantitative estimate of drug-likeness (QED) is 0.653. The molecule has 1 aromatic heterocycles. The fourth-order valence-corrected chi connectivity index (χ4v) is 2.52. The van der Waals surface area contributed by atoms with Crippen LogP contribution in [-0.4, -0.2) is 21.0 Å². The first-order chi connectivity index (χ1) is 11.9. The van der Waals surface area contributed by atoms with Crippen LogP contribution in [0, 0.1) is 0 Å². The zero-order valence-electron chi connectivity index (χ0n) is 13.3. The van der Waals surface area contributed by atoms with Gasteiger partial charge in [-0.15, -0.1) is 0 Å². The van der Waals surface area contributed by atoms with Gasteiger partial charge in [0.15, 0.2) is 0 Å². The van der Waals surface area contributed by atoms with E-state index in [1.165, 1.54) is 6.33 Å². The lowest BCUT2D eigenvalue weighted by Crippen LogP contribution is -1.95. The maximum atomic E-state index is 9.00. The Labute approximate surface area is 154 Å². The molecule has 1 heterocycles. The molecule has 0 amide bonds. The van der Waals surface area contributed by atoms with Gasteiger partial charge in [-0.25, -0.2) is 9.97 Å². The van der Waals surface area contributed by atoms with Crippen molar-refractivity contribution in [3.05, 3.63) is 65.5 Å². The van der Waals surface area contributed by atoms with Crippen molar-refractivity contribution >= 4 is 45.9 Å². The number of anilines is 1. The van der Waals surface area contributed by atoms with Gasteiger partial charge < -0.3 is 10.4 Å². The average Bonchev–Trinajstić information content (AvgIpc) is 2.57. The molecule has 5 nitrogen and oxygen atoms in total.